The van der Waals surface area contributed by atoms with E-state index >= 15 is 0 Å². The van der Waals surface area contributed by atoms with Crippen molar-refractivity contribution in [1.82, 2.24) is 10.6 Å². The summed E-state index contributed by atoms with van der Waals surface area (Å²) >= 11 is 3.98. The predicted octanol–water partition coefficient (Wildman–Crippen LogP) is -0.923. The molecule has 0 radical (unpaired) electrons. The first-order valence-electron chi connectivity index (χ1n) is 6.99. The zero-order chi connectivity index (χ0) is 17.1. The van der Waals surface area contributed by atoms with Gasteiger partial charge in [-0.25, -0.2) is 4.79 Å². The SMILES string of the molecule is CCCC(NC(=O)C(CS)NC(=O)CCC(N)C=O)C(=O)O. The highest BCUT2D eigenvalue weighted by atomic mass is 32.1. The second kappa shape index (κ2) is 11.0. The van der Waals surface area contributed by atoms with Crippen LogP contribution in [0, 0.1) is 0 Å². The number of thiol groups is 1. The molecule has 0 fully saturated rings. The highest BCUT2D eigenvalue weighted by Gasteiger charge is 2.25. The molecule has 0 spiro atoms. The van der Waals surface area contributed by atoms with Crippen LogP contribution in [0.1, 0.15) is 32.6 Å². The van der Waals surface area contributed by atoms with Crippen molar-refractivity contribution < 1.29 is 24.3 Å². The Kier molecular flexibility index (Phi) is 10.2. The van der Waals surface area contributed by atoms with Crippen LogP contribution in [0.3, 0.4) is 0 Å². The van der Waals surface area contributed by atoms with Crippen LogP contribution in [0.5, 0.6) is 0 Å². The number of carboxylic acid groups (broad SMARTS) is 1. The molecule has 0 saturated heterocycles. The van der Waals surface area contributed by atoms with E-state index in [0.29, 0.717) is 19.1 Å². The Morgan fingerprint density at radius 1 is 1.23 bits per heavy atom. The predicted molar refractivity (Wildman–Crippen MR) is 83.5 cm³/mol. The number of nitrogens with one attached hydrogen (secondary N) is 2. The molecule has 0 aliphatic heterocycles. The van der Waals surface area contributed by atoms with Gasteiger partial charge in [0.15, 0.2) is 0 Å². The third kappa shape index (κ3) is 7.99. The van der Waals surface area contributed by atoms with Crippen LogP contribution < -0.4 is 16.4 Å². The third-order valence-electron chi connectivity index (χ3n) is 2.91. The molecule has 0 aromatic carbocycles. The summed E-state index contributed by atoms with van der Waals surface area (Å²) in [6, 6.07) is -2.67. The number of nitrogens with two attached hydrogens (primary N) is 1. The molecule has 0 aliphatic rings. The number of carboxylic acids is 1. The van der Waals surface area contributed by atoms with Gasteiger partial charge in [-0.05, 0) is 12.8 Å². The Morgan fingerprint density at radius 3 is 2.32 bits per heavy atom. The molecule has 8 nitrogen and oxygen atoms in total. The van der Waals surface area contributed by atoms with E-state index in [1.165, 1.54) is 0 Å². The lowest BCUT2D eigenvalue weighted by Crippen LogP contribution is -2.52. The maximum absolute atomic E-state index is 12.0. The Labute approximate surface area is 134 Å². The topological polar surface area (TPSA) is 139 Å². The van der Waals surface area contributed by atoms with E-state index in [9.17, 15) is 19.2 Å². The number of amides is 2. The summed E-state index contributed by atoms with van der Waals surface area (Å²) in [5.74, 6) is -2.16. The number of rotatable bonds is 11. The molecule has 0 rings (SSSR count). The monoisotopic (exact) mass is 333 g/mol. The zero-order valence-electron chi connectivity index (χ0n) is 12.4. The van der Waals surface area contributed by atoms with Crippen LogP contribution in [0.2, 0.25) is 0 Å². The molecule has 0 saturated carbocycles. The fourth-order valence-corrected chi connectivity index (χ4v) is 1.90. The molecule has 22 heavy (non-hydrogen) atoms. The minimum absolute atomic E-state index is 0.00518. The molecular formula is C13H23N3O5S. The molecule has 0 heterocycles. The number of carbonyl (C=O) groups is 4. The van der Waals surface area contributed by atoms with Crippen molar-refractivity contribution in [2.45, 2.75) is 50.7 Å². The lowest BCUT2D eigenvalue weighted by molar-refractivity contribution is -0.142. The quantitative estimate of drug-likeness (QED) is 0.245. The van der Waals surface area contributed by atoms with Gasteiger partial charge in [0, 0.05) is 12.2 Å². The van der Waals surface area contributed by atoms with Gasteiger partial charge in [0.1, 0.15) is 18.4 Å². The largest absolute Gasteiger partial charge is 0.480 e. The van der Waals surface area contributed by atoms with Crippen molar-refractivity contribution >= 4 is 36.7 Å². The summed E-state index contributed by atoms with van der Waals surface area (Å²) in [5, 5.41) is 13.8. The van der Waals surface area contributed by atoms with Crippen molar-refractivity contribution in [2.24, 2.45) is 5.73 Å². The number of aldehydes is 1. The second-order valence-corrected chi connectivity index (χ2v) is 5.19. The van der Waals surface area contributed by atoms with Gasteiger partial charge in [-0.1, -0.05) is 13.3 Å². The first-order valence-corrected chi connectivity index (χ1v) is 7.63. The van der Waals surface area contributed by atoms with Crippen LogP contribution >= 0.6 is 12.6 Å². The molecule has 9 heteroatoms. The maximum atomic E-state index is 12.0. The first-order chi connectivity index (χ1) is 10.3. The molecule has 5 N–H and O–H groups in total. The highest BCUT2D eigenvalue weighted by Crippen LogP contribution is 2.00. The number of carbonyl (C=O) groups excluding carboxylic acids is 3. The molecule has 0 aliphatic carbocycles. The van der Waals surface area contributed by atoms with Crippen LogP contribution in [0.4, 0.5) is 0 Å². The van der Waals surface area contributed by atoms with Crippen molar-refractivity contribution in [2.75, 3.05) is 5.75 Å². The molecular weight excluding hydrogens is 310 g/mol. The molecule has 0 aromatic heterocycles. The fraction of sp³-hybridized carbons (Fsp3) is 0.692. The molecule has 0 bridgehead atoms. The molecule has 0 aromatic rings. The Balaban J connectivity index is 4.48. The van der Waals surface area contributed by atoms with Gasteiger partial charge in [0.25, 0.3) is 0 Å². The second-order valence-electron chi connectivity index (χ2n) is 4.83. The first kappa shape index (κ1) is 20.4. The van der Waals surface area contributed by atoms with Gasteiger partial charge < -0.3 is 26.3 Å². The molecule has 3 unspecified atom stereocenters. The van der Waals surface area contributed by atoms with Crippen molar-refractivity contribution in [3.63, 3.8) is 0 Å². The van der Waals surface area contributed by atoms with E-state index in [1.807, 2.05) is 0 Å². The van der Waals surface area contributed by atoms with Crippen molar-refractivity contribution in [1.29, 1.82) is 0 Å². The van der Waals surface area contributed by atoms with E-state index in [0.717, 1.165) is 0 Å². The number of aliphatic carboxylic acids is 1. The summed E-state index contributed by atoms with van der Waals surface area (Å²) in [4.78, 5) is 45.0. The summed E-state index contributed by atoms with van der Waals surface area (Å²) < 4.78 is 0. The average Bonchev–Trinajstić information content (AvgIpc) is 2.49. The standard InChI is InChI=1S/C13H23N3O5S/c1-2-3-9(13(20)21)16-12(19)10(7-22)15-11(18)5-4-8(14)6-17/h6,8-10,22H,2-5,7,14H2,1H3,(H,15,18)(H,16,19)(H,20,21). The minimum atomic E-state index is -1.13. The van der Waals surface area contributed by atoms with Gasteiger partial charge in [-0.3, -0.25) is 9.59 Å². The molecule has 126 valence electrons. The van der Waals surface area contributed by atoms with Gasteiger partial charge in [0.05, 0.1) is 6.04 Å². The normalized spacial score (nSPS) is 14.5. The molecule has 2 amide bonds. The lowest BCUT2D eigenvalue weighted by atomic mass is 10.1. The smallest absolute Gasteiger partial charge is 0.326 e. The lowest BCUT2D eigenvalue weighted by Gasteiger charge is -2.20. The van der Waals surface area contributed by atoms with E-state index in [1.54, 1.807) is 6.92 Å². The van der Waals surface area contributed by atoms with Gasteiger partial charge in [0.2, 0.25) is 11.8 Å². The van der Waals surface area contributed by atoms with Crippen LogP contribution in [-0.4, -0.2) is 53.1 Å². The highest BCUT2D eigenvalue weighted by molar-refractivity contribution is 7.80. The minimum Gasteiger partial charge on any atom is -0.480 e. The summed E-state index contributed by atoms with van der Waals surface area (Å²) in [6.07, 6.45) is 1.60. The average molecular weight is 333 g/mol. The van der Waals surface area contributed by atoms with E-state index in [2.05, 4.69) is 23.3 Å². The van der Waals surface area contributed by atoms with E-state index in [-0.39, 0.29) is 18.6 Å². The van der Waals surface area contributed by atoms with Crippen molar-refractivity contribution in [3.8, 4) is 0 Å². The number of hydrogen-bond acceptors (Lipinski definition) is 6. The van der Waals surface area contributed by atoms with Gasteiger partial charge in [-0.2, -0.15) is 12.6 Å². The summed E-state index contributed by atoms with van der Waals surface area (Å²) in [6.45, 7) is 1.80. The maximum Gasteiger partial charge on any atom is 0.326 e. The van der Waals surface area contributed by atoms with E-state index < -0.39 is 35.9 Å². The molecule has 3 atom stereocenters. The van der Waals surface area contributed by atoms with Gasteiger partial charge in [-0.15, -0.1) is 0 Å². The third-order valence-corrected chi connectivity index (χ3v) is 3.27. The summed E-state index contributed by atoms with van der Waals surface area (Å²) in [5.41, 5.74) is 5.37. The Morgan fingerprint density at radius 2 is 1.86 bits per heavy atom. The van der Waals surface area contributed by atoms with Crippen LogP contribution in [0.25, 0.3) is 0 Å². The van der Waals surface area contributed by atoms with E-state index in [4.69, 9.17) is 10.8 Å². The van der Waals surface area contributed by atoms with Crippen LogP contribution in [-0.2, 0) is 19.2 Å². The summed E-state index contributed by atoms with van der Waals surface area (Å²) in [7, 11) is 0. The van der Waals surface area contributed by atoms with Crippen LogP contribution in [0.15, 0.2) is 0 Å². The van der Waals surface area contributed by atoms with Gasteiger partial charge >= 0.3 is 5.97 Å². The zero-order valence-corrected chi connectivity index (χ0v) is 13.3. The Hall–Kier alpha value is -1.61. The Bertz CT molecular complexity index is 405. The fourth-order valence-electron chi connectivity index (χ4n) is 1.64. The number of hydrogen-bond donors (Lipinski definition) is 5. The van der Waals surface area contributed by atoms with Crippen molar-refractivity contribution in [3.05, 3.63) is 0 Å².